The standard InChI is InChI=1S/C28H22FN7/c29-22-6-2-1-4-19(22)18-5-3-7-23-20(18)11-25(32-23)28-21-10-16(8-9-24(21)34-35-28)26-12-31-13-27(33-26)36-14-17(30)15-36/h1-13,17,32H,14-15,30H2,(H,34,35). The molecule has 0 spiro atoms. The monoisotopic (exact) mass is 475 g/mol. The van der Waals surface area contributed by atoms with Crippen LogP contribution in [0.4, 0.5) is 10.2 Å². The molecule has 0 unspecified atom stereocenters. The summed E-state index contributed by atoms with van der Waals surface area (Å²) in [7, 11) is 0. The van der Waals surface area contributed by atoms with Crippen molar-refractivity contribution in [2.24, 2.45) is 5.73 Å². The molecule has 6 aromatic rings. The van der Waals surface area contributed by atoms with Gasteiger partial charge in [-0.1, -0.05) is 36.4 Å². The quantitative estimate of drug-likeness (QED) is 0.329. The lowest BCUT2D eigenvalue weighted by atomic mass is 10.0. The Balaban J connectivity index is 1.32. The van der Waals surface area contributed by atoms with Crippen LogP contribution in [-0.2, 0) is 0 Å². The molecular formula is C28H22FN7. The summed E-state index contributed by atoms with van der Waals surface area (Å²) in [4.78, 5) is 14.8. The zero-order valence-corrected chi connectivity index (χ0v) is 19.2. The van der Waals surface area contributed by atoms with E-state index in [0.29, 0.717) is 5.56 Å². The highest BCUT2D eigenvalue weighted by atomic mass is 19.1. The second-order valence-corrected chi connectivity index (χ2v) is 9.19. The third-order valence-electron chi connectivity index (χ3n) is 6.80. The maximum atomic E-state index is 14.6. The topological polar surface area (TPSA) is 99.5 Å². The van der Waals surface area contributed by atoms with E-state index in [1.165, 1.54) is 6.07 Å². The molecular weight excluding hydrogens is 453 g/mol. The van der Waals surface area contributed by atoms with Crippen LogP contribution < -0.4 is 10.6 Å². The van der Waals surface area contributed by atoms with E-state index in [2.05, 4.69) is 31.1 Å². The lowest BCUT2D eigenvalue weighted by Gasteiger charge is -2.37. The SMILES string of the molecule is NC1CN(c2cncc(-c3ccc4[nH]nc(-c5cc6c(-c7ccccc7F)cccc6[nH]5)c4c3)n2)C1. The predicted molar refractivity (Wildman–Crippen MR) is 140 cm³/mol. The van der Waals surface area contributed by atoms with E-state index in [4.69, 9.17) is 10.7 Å². The highest BCUT2D eigenvalue weighted by molar-refractivity contribution is 6.01. The van der Waals surface area contributed by atoms with Crippen LogP contribution in [0.2, 0.25) is 0 Å². The number of nitrogens with two attached hydrogens (primary N) is 1. The molecule has 1 aliphatic rings. The minimum absolute atomic E-state index is 0.190. The van der Waals surface area contributed by atoms with Crippen LogP contribution in [0.15, 0.2) is 79.1 Å². The summed E-state index contributed by atoms with van der Waals surface area (Å²) in [5, 5.41) is 9.64. The summed E-state index contributed by atoms with van der Waals surface area (Å²) in [5.74, 6) is 0.587. The minimum Gasteiger partial charge on any atom is -0.353 e. The number of hydrogen-bond donors (Lipinski definition) is 3. The van der Waals surface area contributed by atoms with Crippen molar-refractivity contribution < 1.29 is 4.39 Å². The first-order valence-electron chi connectivity index (χ1n) is 11.8. The molecule has 4 heterocycles. The normalized spacial score (nSPS) is 14.0. The average Bonchev–Trinajstić information content (AvgIpc) is 3.51. The molecule has 4 N–H and O–H groups in total. The van der Waals surface area contributed by atoms with Crippen molar-refractivity contribution in [1.29, 1.82) is 0 Å². The number of nitrogens with one attached hydrogen (secondary N) is 2. The molecule has 0 saturated carbocycles. The molecule has 176 valence electrons. The number of halogens is 1. The smallest absolute Gasteiger partial charge is 0.147 e. The fraction of sp³-hybridized carbons (Fsp3) is 0.107. The van der Waals surface area contributed by atoms with Crippen molar-refractivity contribution in [2.75, 3.05) is 18.0 Å². The highest BCUT2D eigenvalue weighted by Crippen LogP contribution is 2.36. The van der Waals surface area contributed by atoms with Gasteiger partial charge >= 0.3 is 0 Å². The van der Waals surface area contributed by atoms with Crippen molar-refractivity contribution in [2.45, 2.75) is 6.04 Å². The van der Waals surface area contributed by atoms with Gasteiger partial charge in [-0.15, -0.1) is 0 Å². The molecule has 36 heavy (non-hydrogen) atoms. The molecule has 1 saturated heterocycles. The fourth-order valence-corrected chi connectivity index (χ4v) is 4.92. The van der Waals surface area contributed by atoms with E-state index >= 15 is 0 Å². The van der Waals surface area contributed by atoms with Crippen LogP contribution >= 0.6 is 0 Å². The van der Waals surface area contributed by atoms with Gasteiger partial charge < -0.3 is 15.6 Å². The van der Waals surface area contributed by atoms with Crippen molar-refractivity contribution in [1.82, 2.24) is 25.1 Å². The van der Waals surface area contributed by atoms with Crippen molar-refractivity contribution in [3.05, 3.63) is 84.9 Å². The second-order valence-electron chi connectivity index (χ2n) is 9.19. The van der Waals surface area contributed by atoms with E-state index < -0.39 is 0 Å². The fourth-order valence-electron chi connectivity index (χ4n) is 4.92. The van der Waals surface area contributed by atoms with Gasteiger partial charge in [0.1, 0.15) is 17.3 Å². The zero-order valence-electron chi connectivity index (χ0n) is 19.2. The average molecular weight is 476 g/mol. The van der Waals surface area contributed by atoms with Crippen molar-refractivity contribution in [3.8, 4) is 33.8 Å². The summed E-state index contributed by atoms with van der Waals surface area (Å²) < 4.78 is 14.6. The first-order chi connectivity index (χ1) is 17.6. The number of aromatic nitrogens is 5. The second kappa shape index (κ2) is 8.00. The summed E-state index contributed by atoms with van der Waals surface area (Å²) in [6, 6.07) is 21.0. The third-order valence-corrected chi connectivity index (χ3v) is 6.80. The number of fused-ring (bicyclic) bond motifs is 2. The maximum absolute atomic E-state index is 14.6. The lowest BCUT2D eigenvalue weighted by Crippen LogP contribution is -2.56. The molecule has 0 atom stereocenters. The molecule has 0 radical (unpaired) electrons. The Hall–Kier alpha value is -4.56. The Bertz CT molecular complexity index is 1750. The predicted octanol–water partition coefficient (Wildman–Crippen LogP) is 5.12. The molecule has 7 rings (SSSR count). The van der Waals surface area contributed by atoms with Crippen LogP contribution in [0, 0.1) is 5.82 Å². The summed E-state index contributed by atoms with van der Waals surface area (Å²) in [5.41, 5.74) is 12.6. The van der Waals surface area contributed by atoms with Crippen LogP contribution in [0.5, 0.6) is 0 Å². The van der Waals surface area contributed by atoms with Gasteiger partial charge in [0.25, 0.3) is 0 Å². The number of rotatable bonds is 4. The maximum Gasteiger partial charge on any atom is 0.147 e. The number of hydrogen-bond acceptors (Lipinski definition) is 5. The summed E-state index contributed by atoms with van der Waals surface area (Å²) in [6.45, 7) is 1.58. The Morgan fingerprint density at radius 3 is 2.61 bits per heavy atom. The van der Waals surface area contributed by atoms with Crippen LogP contribution in [0.3, 0.4) is 0 Å². The lowest BCUT2D eigenvalue weighted by molar-refractivity contribution is 0.514. The molecule has 7 nitrogen and oxygen atoms in total. The van der Waals surface area contributed by atoms with Gasteiger partial charge in [-0.2, -0.15) is 5.10 Å². The van der Waals surface area contributed by atoms with Gasteiger partial charge in [0.2, 0.25) is 0 Å². The van der Waals surface area contributed by atoms with Crippen LogP contribution in [-0.4, -0.2) is 44.3 Å². The van der Waals surface area contributed by atoms with Gasteiger partial charge in [-0.05, 0) is 35.9 Å². The molecule has 0 amide bonds. The molecule has 3 aromatic heterocycles. The van der Waals surface area contributed by atoms with E-state index in [-0.39, 0.29) is 11.9 Å². The largest absolute Gasteiger partial charge is 0.353 e. The highest BCUT2D eigenvalue weighted by Gasteiger charge is 2.24. The summed E-state index contributed by atoms with van der Waals surface area (Å²) >= 11 is 0. The zero-order chi connectivity index (χ0) is 24.2. The Labute approximate surface area is 205 Å². The Kier molecular flexibility index (Phi) is 4.62. The van der Waals surface area contributed by atoms with E-state index in [1.54, 1.807) is 24.5 Å². The molecule has 8 heteroatoms. The number of H-pyrrole nitrogens is 2. The first-order valence-corrected chi connectivity index (χ1v) is 11.8. The molecule has 3 aromatic carbocycles. The number of aromatic amines is 2. The van der Waals surface area contributed by atoms with Gasteiger partial charge in [0, 0.05) is 46.5 Å². The minimum atomic E-state index is -0.244. The van der Waals surface area contributed by atoms with Crippen LogP contribution in [0.25, 0.3) is 55.6 Å². The Morgan fingerprint density at radius 2 is 1.75 bits per heavy atom. The van der Waals surface area contributed by atoms with E-state index in [9.17, 15) is 4.39 Å². The van der Waals surface area contributed by atoms with Crippen molar-refractivity contribution in [3.63, 3.8) is 0 Å². The van der Waals surface area contributed by atoms with E-state index in [0.717, 1.165) is 68.9 Å². The van der Waals surface area contributed by atoms with Gasteiger partial charge in [-0.3, -0.25) is 10.1 Å². The van der Waals surface area contributed by atoms with Crippen LogP contribution in [0.1, 0.15) is 0 Å². The molecule has 0 aliphatic carbocycles. The number of nitrogens with zero attached hydrogens (tertiary/aromatic N) is 4. The van der Waals surface area contributed by atoms with E-state index in [1.807, 2.05) is 42.5 Å². The van der Waals surface area contributed by atoms with Crippen molar-refractivity contribution >= 4 is 27.6 Å². The Morgan fingerprint density at radius 1 is 0.889 bits per heavy atom. The number of anilines is 1. The first kappa shape index (κ1) is 20.8. The molecule has 1 fully saturated rings. The van der Waals surface area contributed by atoms with Gasteiger partial charge in [-0.25, -0.2) is 9.37 Å². The molecule has 0 bridgehead atoms. The molecule has 1 aliphatic heterocycles. The summed E-state index contributed by atoms with van der Waals surface area (Å²) in [6.07, 6.45) is 3.54. The third kappa shape index (κ3) is 3.34. The number of benzene rings is 3. The van der Waals surface area contributed by atoms with Gasteiger partial charge in [0.05, 0.1) is 29.3 Å². The van der Waals surface area contributed by atoms with Gasteiger partial charge in [0.15, 0.2) is 0 Å².